The van der Waals surface area contributed by atoms with Crippen molar-refractivity contribution in [3.8, 4) is 5.75 Å². The number of ketones is 1. The van der Waals surface area contributed by atoms with Gasteiger partial charge in [0.15, 0.2) is 5.78 Å². The molecule has 0 saturated carbocycles. The van der Waals surface area contributed by atoms with E-state index in [0.717, 1.165) is 4.90 Å². The molecule has 1 aromatic rings. The molecule has 1 atom stereocenters. The number of methoxy groups -OCH3 is 1. The lowest BCUT2D eigenvalue weighted by atomic mass is 10.1. The number of halogens is 1. The monoisotopic (exact) mass is 288 g/mol. The van der Waals surface area contributed by atoms with Crippen molar-refractivity contribution >= 4 is 33.5 Å². The quantitative estimate of drug-likeness (QED) is 0.483. The SMILES string of the molecule is COc1cc(SC)ccc1C(=O)C(C)Br. The number of thioether (sulfide) groups is 1. The summed E-state index contributed by atoms with van der Waals surface area (Å²) in [6.45, 7) is 1.81. The van der Waals surface area contributed by atoms with E-state index < -0.39 is 0 Å². The Morgan fingerprint density at radius 2 is 2.20 bits per heavy atom. The van der Waals surface area contributed by atoms with Crippen LogP contribution in [0.3, 0.4) is 0 Å². The third-order valence-corrected chi connectivity index (χ3v) is 3.18. The van der Waals surface area contributed by atoms with Gasteiger partial charge < -0.3 is 4.74 Å². The average molecular weight is 289 g/mol. The third-order valence-electron chi connectivity index (χ3n) is 2.04. The molecule has 0 aromatic heterocycles. The van der Waals surface area contributed by atoms with E-state index in [1.165, 1.54) is 0 Å². The Morgan fingerprint density at radius 1 is 1.53 bits per heavy atom. The maximum Gasteiger partial charge on any atom is 0.179 e. The van der Waals surface area contributed by atoms with Crippen molar-refractivity contribution in [1.82, 2.24) is 0 Å². The molecule has 1 unspecified atom stereocenters. The number of ether oxygens (including phenoxy) is 1. The second-order valence-corrected chi connectivity index (χ2v) is 5.30. The van der Waals surface area contributed by atoms with Crippen molar-refractivity contribution in [2.75, 3.05) is 13.4 Å². The van der Waals surface area contributed by atoms with Crippen molar-refractivity contribution in [3.05, 3.63) is 23.8 Å². The zero-order chi connectivity index (χ0) is 11.4. The Hall–Kier alpha value is -0.480. The van der Waals surface area contributed by atoms with Gasteiger partial charge in [-0.25, -0.2) is 0 Å². The van der Waals surface area contributed by atoms with Gasteiger partial charge in [0, 0.05) is 4.90 Å². The number of hydrogen-bond donors (Lipinski definition) is 0. The number of benzene rings is 1. The third kappa shape index (κ3) is 2.98. The van der Waals surface area contributed by atoms with E-state index in [1.54, 1.807) is 18.9 Å². The summed E-state index contributed by atoms with van der Waals surface area (Å²) in [5, 5.41) is 0. The molecule has 0 aliphatic carbocycles. The van der Waals surface area contributed by atoms with Crippen molar-refractivity contribution in [3.63, 3.8) is 0 Å². The molecule has 0 amide bonds. The first-order chi connectivity index (χ1) is 7.10. The maximum atomic E-state index is 11.8. The van der Waals surface area contributed by atoms with Gasteiger partial charge in [-0.05, 0) is 31.4 Å². The highest BCUT2D eigenvalue weighted by Crippen LogP contribution is 2.27. The van der Waals surface area contributed by atoms with E-state index in [2.05, 4.69) is 15.9 Å². The van der Waals surface area contributed by atoms with Gasteiger partial charge in [-0.2, -0.15) is 0 Å². The molecule has 0 aliphatic heterocycles. The summed E-state index contributed by atoms with van der Waals surface area (Å²) in [6.07, 6.45) is 1.99. The van der Waals surface area contributed by atoms with Crippen molar-refractivity contribution in [2.45, 2.75) is 16.6 Å². The lowest BCUT2D eigenvalue weighted by molar-refractivity contribution is 0.0993. The minimum absolute atomic E-state index is 0.0412. The molecule has 15 heavy (non-hydrogen) atoms. The number of alkyl halides is 1. The second-order valence-electron chi connectivity index (χ2n) is 3.05. The Balaban J connectivity index is 3.13. The van der Waals surface area contributed by atoms with E-state index in [0.29, 0.717) is 11.3 Å². The van der Waals surface area contributed by atoms with Crippen molar-refractivity contribution < 1.29 is 9.53 Å². The molecule has 0 bridgehead atoms. The normalized spacial score (nSPS) is 12.3. The molecule has 4 heteroatoms. The zero-order valence-corrected chi connectivity index (χ0v) is 11.3. The largest absolute Gasteiger partial charge is 0.496 e. The Labute approximate surface area is 103 Å². The summed E-state index contributed by atoms with van der Waals surface area (Å²) in [6, 6.07) is 5.62. The summed E-state index contributed by atoms with van der Waals surface area (Å²) in [4.78, 5) is 12.7. The lowest BCUT2D eigenvalue weighted by Crippen LogP contribution is -2.11. The molecule has 0 heterocycles. The first kappa shape index (κ1) is 12.6. The van der Waals surface area contributed by atoms with Crippen LogP contribution in [0, 0.1) is 0 Å². The smallest absolute Gasteiger partial charge is 0.179 e. The molecule has 0 N–H and O–H groups in total. The average Bonchev–Trinajstić information content (AvgIpc) is 2.27. The molecule has 82 valence electrons. The van der Waals surface area contributed by atoms with Gasteiger partial charge >= 0.3 is 0 Å². The number of carbonyl (C=O) groups is 1. The van der Waals surface area contributed by atoms with Gasteiger partial charge in [0.05, 0.1) is 17.5 Å². The minimum Gasteiger partial charge on any atom is -0.496 e. The maximum absolute atomic E-state index is 11.8. The molecule has 0 saturated heterocycles. The van der Waals surface area contributed by atoms with Crippen molar-refractivity contribution in [2.24, 2.45) is 0 Å². The molecular weight excluding hydrogens is 276 g/mol. The van der Waals surface area contributed by atoms with E-state index >= 15 is 0 Å². The van der Waals surface area contributed by atoms with E-state index in [4.69, 9.17) is 4.74 Å². The summed E-state index contributed by atoms with van der Waals surface area (Å²) in [5.41, 5.74) is 0.625. The summed E-state index contributed by atoms with van der Waals surface area (Å²) < 4.78 is 5.20. The second kappa shape index (κ2) is 5.56. The zero-order valence-electron chi connectivity index (χ0n) is 8.91. The van der Waals surface area contributed by atoms with Crippen LogP contribution in [0.2, 0.25) is 0 Å². The highest BCUT2D eigenvalue weighted by molar-refractivity contribution is 9.10. The molecular formula is C11H13BrO2S. The van der Waals surface area contributed by atoms with Gasteiger partial charge in [-0.1, -0.05) is 15.9 Å². The lowest BCUT2D eigenvalue weighted by Gasteiger charge is -2.10. The van der Waals surface area contributed by atoms with E-state index in [-0.39, 0.29) is 10.6 Å². The molecule has 1 rings (SSSR count). The van der Waals surface area contributed by atoms with Gasteiger partial charge in [0.2, 0.25) is 0 Å². The number of hydrogen-bond acceptors (Lipinski definition) is 3. The first-order valence-corrected chi connectivity index (χ1v) is 6.64. The van der Waals surface area contributed by atoms with Gasteiger partial charge in [0.1, 0.15) is 5.75 Å². The first-order valence-electron chi connectivity index (χ1n) is 4.50. The van der Waals surface area contributed by atoms with Crippen molar-refractivity contribution in [1.29, 1.82) is 0 Å². The molecule has 0 aliphatic rings. The van der Waals surface area contributed by atoms with Crippen LogP contribution in [0.5, 0.6) is 5.75 Å². The van der Waals surface area contributed by atoms with Crippen LogP contribution in [-0.4, -0.2) is 24.0 Å². The summed E-state index contributed by atoms with van der Waals surface area (Å²) >= 11 is 4.89. The van der Waals surface area contributed by atoms with Crippen LogP contribution in [0.15, 0.2) is 23.1 Å². The fourth-order valence-corrected chi connectivity index (χ4v) is 1.89. The standard InChI is InChI=1S/C11H13BrO2S/c1-7(12)11(13)9-5-4-8(15-3)6-10(9)14-2/h4-7H,1-3H3. The topological polar surface area (TPSA) is 26.3 Å². The molecule has 2 nitrogen and oxygen atoms in total. The van der Waals surface area contributed by atoms with Crippen LogP contribution >= 0.6 is 27.7 Å². The summed E-state index contributed by atoms with van der Waals surface area (Å²) in [7, 11) is 1.58. The predicted molar refractivity (Wildman–Crippen MR) is 67.5 cm³/mol. The number of carbonyl (C=O) groups excluding carboxylic acids is 1. The Bertz CT molecular complexity index is 364. The fourth-order valence-electron chi connectivity index (χ4n) is 1.22. The minimum atomic E-state index is -0.188. The summed E-state index contributed by atoms with van der Waals surface area (Å²) in [5.74, 6) is 0.678. The fraction of sp³-hybridized carbons (Fsp3) is 0.364. The highest BCUT2D eigenvalue weighted by atomic mass is 79.9. The van der Waals surface area contributed by atoms with Crippen LogP contribution < -0.4 is 4.74 Å². The Kier molecular flexibility index (Phi) is 4.67. The molecule has 0 spiro atoms. The highest BCUT2D eigenvalue weighted by Gasteiger charge is 2.16. The van der Waals surface area contributed by atoms with Gasteiger partial charge in [-0.3, -0.25) is 4.79 Å². The van der Waals surface area contributed by atoms with Crippen LogP contribution in [0.4, 0.5) is 0 Å². The number of rotatable bonds is 4. The predicted octanol–water partition coefficient (Wildman–Crippen LogP) is 3.38. The Morgan fingerprint density at radius 3 is 2.67 bits per heavy atom. The van der Waals surface area contributed by atoms with Crippen LogP contribution in [0.1, 0.15) is 17.3 Å². The van der Waals surface area contributed by atoms with Crippen LogP contribution in [0.25, 0.3) is 0 Å². The van der Waals surface area contributed by atoms with E-state index in [9.17, 15) is 4.79 Å². The molecule has 1 aromatic carbocycles. The van der Waals surface area contributed by atoms with Gasteiger partial charge in [0.25, 0.3) is 0 Å². The van der Waals surface area contributed by atoms with Crippen LogP contribution in [-0.2, 0) is 0 Å². The molecule has 0 radical (unpaired) electrons. The number of Topliss-reactive ketones (excluding diaryl/α,β-unsaturated/α-hetero) is 1. The molecule has 0 fully saturated rings. The van der Waals surface area contributed by atoms with E-state index in [1.807, 2.05) is 31.4 Å². The van der Waals surface area contributed by atoms with Gasteiger partial charge in [-0.15, -0.1) is 11.8 Å².